The molecular weight excluding hydrogens is 274 g/mol. The SMILES string of the molecule is CC(C)(C)OC(=O)N1CCC(=O)c2c(C(=O)O)cccc21. The zero-order valence-electron chi connectivity index (χ0n) is 12.2. The van der Waals surface area contributed by atoms with Gasteiger partial charge in [0.25, 0.3) is 0 Å². The van der Waals surface area contributed by atoms with Gasteiger partial charge in [0, 0.05) is 13.0 Å². The van der Waals surface area contributed by atoms with Crippen molar-refractivity contribution in [3.05, 3.63) is 29.3 Å². The highest BCUT2D eigenvalue weighted by Gasteiger charge is 2.33. The van der Waals surface area contributed by atoms with Crippen LogP contribution in [0, 0.1) is 0 Å². The van der Waals surface area contributed by atoms with Crippen molar-refractivity contribution in [1.82, 2.24) is 0 Å². The summed E-state index contributed by atoms with van der Waals surface area (Å²) in [7, 11) is 0. The number of rotatable bonds is 1. The fourth-order valence-electron chi connectivity index (χ4n) is 2.20. The third-order valence-corrected chi connectivity index (χ3v) is 3.02. The van der Waals surface area contributed by atoms with Crippen LogP contribution in [0.25, 0.3) is 0 Å². The van der Waals surface area contributed by atoms with Crippen LogP contribution in [0.15, 0.2) is 18.2 Å². The number of aromatic carboxylic acids is 1. The van der Waals surface area contributed by atoms with E-state index in [1.165, 1.54) is 17.0 Å². The number of carboxylic acid groups (broad SMARTS) is 1. The molecule has 112 valence electrons. The summed E-state index contributed by atoms with van der Waals surface area (Å²) in [6.07, 6.45) is -0.505. The molecular formula is C15H17NO5. The van der Waals surface area contributed by atoms with Crippen LogP contribution < -0.4 is 4.90 Å². The summed E-state index contributed by atoms with van der Waals surface area (Å²) in [4.78, 5) is 36.8. The number of ketones is 1. The molecule has 0 fully saturated rings. The first-order valence-electron chi connectivity index (χ1n) is 6.61. The van der Waals surface area contributed by atoms with Crippen molar-refractivity contribution in [1.29, 1.82) is 0 Å². The molecule has 2 rings (SSSR count). The lowest BCUT2D eigenvalue weighted by atomic mass is 9.95. The molecule has 21 heavy (non-hydrogen) atoms. The van der Waals surface area contributed by atoms with Crippen LogP contribution in [0.5, 0.6) is 0 Å². The number of amides is 1. The first-order chi connectivity index (χ1) is 9.70. The van der Waals surface area contributed by atoms with Gasteiger partial charge in [-0.2, -0.15) is 0 Å². The van der Waals surface area contributed by atoms with E-state index in [-0.39, 0.29) is 29.9 Å². The van der Waals surface area contributed by atoms with Crippen LogP contribution in [0.3, 0.4) is 0 Å². The van der Waals surface area contributed by atoms with E-state index in [0.29, 0.717) is 5.69 Å². The Labute approximate surface area is 122 Å². The minimum Gasteiger partial charge on any atom is -0.478 e. The molecule has 0 aliphatic carbocycles. The van der Waals surface area contributed by atoms with E-state index in [1.807, 2.05) is 0 Å². The minimum absolute atomic E-state index is 0.0714. The van der Waals surface area contributed by atoms with Crippen molar-refractivity contribution < 1.29 is 24.2 Å². The highest BCUT2D eigenvalue weighted by atomic mass is 16.6. The van der Waals surface area contributed by atoms with E-state index < -0.39 is 17.7 Å². The Bertz CT molecular complexity index is 615. The minimum atomic E-state index is -1.19. The number of anilines is 1. The number of hydrogen-bond acceptors (Lipinski definition) is 4. The molecule has 6 heteroatoms. The van der Waals surface area contributed by atoms with Gasteiger partial charge in [-0.15, -0.1) is 0 Å². The van der Waals surface area contributed by atoms with Crippen molar-refractivity contribution in [2.24, 2.45) is 0 Å². The predicted molar refractivity (Wildman–Crippen MR) is 75.9 cm³/mol. The standard InChI is InChI=1S/C15H17NO5/c1-15(2,3)21-14(20)16-8-7-11(17)12-9(13(18)19)5-4-6-10(12)16/h4-6H,7-8H2,1-3H3,(H,18,19). The summed E-state index contributed by atoms with van der Waals surface area (Å²) in [5.41, 5.74) is -0.392. The number of benzene rings is 1. The Morgan fingerprint density at radius 1 is 1.29 bits per heavy atom. The molecule has 1 aliphatic heterocycles. The first kappa shape index (κ1) is 15.0. The number of ether oxygens (including phenoxy) is 1. The Morgan fingerprint density at radius 3 is 2.52 bits per heavy atom. The summed E-state index contributed by atoms with van der Waals surface area (Å²) in [5, 5.41) is 9.18. The maximum atomic E-state index is 12.2. The quantitative estimate of drug-likeness (QED) is 0.860. The van der Waals surface area contributed by atoms with E-state index in [2.05, 4.69) is 0 Å². The molecule has 0 radical (unpaired) electrons. The van der Waals surface area contributed by atoms with E-state index in [1.54, 1.807) is 26.8 Å². The van der Waals surface area contributed by atoms with Gasteiger partial charge >= 0.3 is 12.1 Å². The Hall–Kier alpha value is -2.37. The highest BCUT2D eigenvalue weighted by Crippen LogP contribution is 2.31. The lowest BCUT2D eigenvalue weighted by Gasteiger charge is -2.31. The topological polar surface area (TPSA) is 83.9 Å². The van der Waals surface area contributed by atoms with Crippen molar-refractivity contribution in [3.8, 4) is 0 Å². The molecule has 0 unspecified atom stereocenters. The third kappa shape index (κ3) is 3.04. The van der Waals surface area contributed by atoms with E-state index >= 15 is 0 Å². The second-order valence-electron chi connectivity index (χ2n) is 5.81. The van der Waals surface area contributed by atoms with Gasteiger partial charge in [-0.05, 0) is 32.9 Å². The lowest BCUT2D eigenvalue weighted by Crippen LogP contribution is -2.41. The highest BCUT2D eigenvalue weighted by molar-refractivity contribution is 6.13. The molecule has 1 aliphatic rings. The molecule has 0 atom stereocenters. The molecule has 0 bridgehead atoms. The molecule has 1 amide bonds. The normalized spacial score (nSPS) is 14.6. The van der Waals surface area contributed by atoms with Crippen molar-refractivity contribution in [3.63, 3.8) is 0 Å². The molecule has 6 nitrogen and oxygen atoms in total. The summed E-state index contributed by atoms with van der Waals surface area (Å²) in [6.45, 7) is 5.42. The average Bonchev–Trinajstić information content (AvgIpc) is 2.36. The number of carboxylic acids is 1. The van der Waals surface area contributed by atoms with Crippen LogP contribution in [0.4, 0.5) is 10.5 Å². The van der Waals surface area contributed by atoms with E-state index in [4.69, 9.17) is 4.74 Å². The zero-order chi connectivity index (χ0) is 15.8. The Balaban J connectivity index is 2.46. The summed E-state index contributed by atoms with van der Waals surface area (Å²) >= 11 is 0. The van der Waals surface area contributed by atoms with Crippen molar-refractivity contribution >= 4 is 23.5 Å². The second-order valence-corrected chi connectivity index (χ2v) is 5.81. The Morgan fingerprint density at radius 2 is 1.95 bits per heavy atom. The second kappa shape index (κ2) is 5.20. The number of carbonyl (C=O) groups excluding carboxylic acids is 2. The van der Waals surface area contributed by atoms with Gasteiger partial charge in [-0.25, -0.2) is 9.59 Å². The average molecular weight is 291 g/mol. The van der Waals surface area contributed by atoms with Gasteiger partial charge in [0.1, 0.15) is 5.60 Å². The Kier molecular flexibility index (Phi) is 3.72. The van der Waals surface area contributed by atoms with Gasteiger partial charge in [0.2, 0.25) is 0 Å². The van der Waals surface area contributed by atoms with Crippen LogP contribution in [0.1, 0.15) is 47.9 Å². The summed E-state index contributed by atoms with van der Waals surface area (Å²) < 4.78 is 5.30. The summed E-state index contributed by atoms with van der Waals surface area (Å²) in [6, 6.07) is 4.43. The van der Waals surface area contributed by atoms with Gasteiger partial charge < -0.3 is 9.84 Å². The lowest BCUT2D eigenvalue weighted by molar-refractivity contribution is 0.0574. The van der Waals surface area contributed by atoms with Crippen LogP contribution in [0.2, 0.25) is 0 Å². The van der Waals surface area contributed by atoms with Crippen molar-refractivity contribution in [2.45, 2.75) is 32.8 Å². The number of nitrogens with zero attached hydrogens (tertiary/aromatic N) is 1. The van der Waals surface area contributed by atoms with E-state index in [9.17, 15) is 19.5 Å². The maximum absolute atomic E-state index is 12.2. The molecule has 1 aromatic carbocycles. The van der Waals surface area contributed by atoms with Crippen LogP contribution in [-0.2, 0) is 4.74 Å². The number of carbonyl (C=O) groups is 3. The molecule has 1 N–H and O–H groups in total. The third-order valence-electron chi connectivity index (χ3n) is 3.02. The number of fused-ring (bicyclic) bond motifs is 1. The van der Waals surface area contributed by atoms with Gasteiger partial charge in [0.15, 0.2) is 5.78 Å². The zero-order valence-corrected chi connectivity index (χ0v) is 12.2. The van der Waals surface area contributed by atoms with Crippen LogP contribution in [-0.4, -0.2) is 35.1 Å². The fraction of sp³-hybridized carbons (Fsp3) is 0.400. The summed E-state index contributed by atoms with van der Waals surface area (Å²) in [5.74, 6) is -1.46. The fourth-order valence-corrected chi connectivity index (χ4v) is 2.20. The van der Waals surface area contributed by atoms with Gasteiger partial charge in [0.05, 0.1) is 16.8 Å². The van der Waals surface area contributed by atoms with Crippen LogP contribution >= 0.6 is 0 Å². The molecule has 0 aromatic heterocycles. The van der Waals surface area contributed by atoms with E-state index in [0.717, 1.165) is 0 Å². The first-order valence-corrected chi connectivity index (χ1v) is 6.61. The number of hydrogen-bond donors (Lipinski definition) is 1. The maximum Gasteiger partial charge on any atom is 0.414 e. The molecule has 0 saturated heterocycles. The molecule has 0 spiro atoms. The molecule has 1 aromatic rings. The van der Waals surface area contributed by atoms with Gasteiger partial charge in [-0.3, -0.25) is 9.69 Å². The molecule has 1 heterocycles. The predicted octanol–water partition coefficient (Wildman–Crippen LogP) is 2.71. The largest absolute Gasteiger partial charge is 0.478 e. The number of Topliss-reactive ketones (excluding diaryl/α,β-unsaturated/α-hetero) is 1. The monoisotopic (exact) mass is 291 g/mol. The van der Waals surface area contributed by atoms with Crippen molar-refractivity contribution in [2.75, 3.05) is 11.4 Å². The molecule has 0 saturated carbocycles. The smallest absolute Gasteiger partial charge is 0.414 e. The van der Waals surface area contributed by atoms with Gasteiger partial charge in [-0.1, -0.05) is 6.07 Å².